The SMILES string of the molecule is CC(c1ccccc1Cl)N(C)C(=O)[C@@H](C)N. The Labute approximate surface area is 101 Å². The van der Waals surface area contributed by atoms with Crippen LogP contribution in [0.3, 0.4) is 0 Å². The molecule has 0 fully saturated rings. The summed E-state index contributed by atoms with van der Waals surface area (Å²) in [6, 6.07) is 6.94. The van der Waals surface area contributed by atoms with E-state index >= 15 is 0 Å². The van der Waals surface area contributed by atoms with Crippen LogP contribution in [-0.2, 0) is 4.79 Å². The maximum Gasteiger partial charge on any atom is 0.239 e. The Balaban J connectivity index is 2.90. The molecule has 0 heterocycles. The maximum atomic E-state index is 11.7. The first-order chi connectivity index (χ1) is 7.45. The van der Waals surface area contributed by atoms with Gasteiger partial charge >= 0.3 is 0 Å². The fraction of sp³-hybridized carbons (Fsp3) is 0.417. The summed E-state index contributed by atoms with van der Waals surface area (Å²) in [5.74, 6) is -0.0904. The second-order valence-corrected chi connectivity index (χ2v) is 4.34. The van der Waals surface area contributed by atoms with Crippen LogP contribution in [-0.4, -0.2) is 23.9 Å². The van der Waals surface area contributed by atoms with Crippen LogP contribution in [0, 0.1) is 0 Å². The van der Waals surface area contributed by atoms with Crippen molar-refractivity contribution < 1.29 is 4.79 Å². The van der Waals surface area contributed by atoms with Gasteiger partial charge in [0.1, 0.15) is 0 Å². The summed E-state index contributed by atoms with van der Waals surface area (Å²) in [4.78, 5) is 13.3. The number of likely N-dealkylation sites (N-methyl/N-ethyl adjacent to an activating group) is 1. The molecular weight excluding hydrogens is 224 g/mol. The lowest BCUT2D eigenvalue weighted by molar-refractivity contribution is -0.132. The van der Waals surface area contributed by atoms with Crippen LogP contribution < -0.4 is 5.73 Å². The lowest BCUT2D eigenvalue weighted by Crippen LogP contribution is -2.41. The number of amides is 1. The van der Waals surface area contributed by atoms with Crippen molar-refractivity contribution in [3.63, 3.8) is 0 Å². The van der Waals surface area contributed by atoms with Crippen LogP contribution in [0.25, 0.3) is 0 Å². The van der Waals surface area contributed by atoms with E-state index in [4.69, 9.17) is 17.3 Å². The summed E-state index contributed by atoms with van der Waals surface area (Å²) >= 11 is 6.08. The Morgan fingerprint density at radius 1 is 1.38 bits per heavy atom. The van der Waals surface area contributed by atoms with Crippen LogP contribution in [0.15, 0.2) is 24.3 Å². The van der Waals surface area contributed by atoms with Gasteiger partial charge in [0.15, 0.2) is 0 Å². The summed E-state index contributed by atoms with van der Waals surface area (Å²) in [5.41, 5.74) is 6.50. The zero-order valence-electron chi connectivity index (χ0n) is 9.77. The summed E-state index contributed by atoms with van der Waals surface area (Å²) in [6.07, 6.45) is 0. The number of nitrogens with zero attached hydrogens (tertiary/aromatic N) is 1. The third kappa shape index (κ3) is 2.74. The van der Waals surface area contributed by atoms with Crippen molar-refractivity contribution >= 4 is 17.5 Å². The average Bonchev–Trinajstić information content (AvgIpc) is 2.26. The highest BCUT2D eigenvalue weighted by molar-refractivity contribution is 6.31. The van der Waals surface area contributed by atoms with Gasteiger partial charge in [-0.3, -0.25) is 4.79 Å². The number of halogens is 1. The van der Waals surface area contributed by atoms with Crippen molar-refractivity contribution in [2.75, 3.05) is 7.05 Å². The molecule has 0 spiro atoms. The van der Waals surface area contributed by atoms with Gasteiger partial charge in [-0.25, -0.2) is 0 Å². The molecule has 0 saturated carbocycles. The van der Waals surface area contributed by atoms with E-state index in [1.807, 2.05) is 31.2 Å². The summed E-state index contributed by atoms with van der Waals surface area (Å²) in [5, 5.41) is 0.666. The molecule has 2 atom stereocenters. The Bertz CT molecular complexity index is 379. The van der Waals surface area contributed by atoms with Crippen LogP contribution in [0.4, 0.5) is 0 Å². The molecule has 0 aliphatic heterocycles. The highest BCUT2D eigenvalue weighted by Crippen LogP contribution is 2.26. The van der Waals surface area contributed by atoms with Gasteiger partial charge in [-0.2, -0.15) is 0 Å². The highest BCUT2D eigenvalue weighted by Gasteiger charge is 2.21. The van der Waals surface area contributed by atoms with Gasteiger partial charge in [0, 0.05) is 12.1 Å². The van der Waals surface area contributed by atoms with Gasteiger partial charge in [-0.15, -0.1) is 0 Å². The largest absolute Gasteiger partial charge is 0.338 e. The normalized spacial score (nSPS) is 14.3. The molecule has 0 aliphatic rings. The Morgan fingerprint density at radius 2 is 1.94 bits per heavy atom. The molecule has 4 heteroatoms. The fourth-order valence-electron chi connectivity index (χ4n) is 1.53. The van der Waals surface area contributed by atoms with Crippen molar-refractivity contribution in [1.82, 2.24) is 4.90 Å². The molecule has 1 unspecified atom stereocenters. The number of carbonyl (C=O) groups is 1. The van der Waals surface area contributed by atoms with Gasteiger partial charge in [0.05, 0.1) is 12.1 Å². The second kappa shape index (κ2) is 5.32. The van der Waals surface area contributed by atoms with E-state index in [0.29, 0.717) is 5.02 Å². The van der Waals surface area contributed by atoms with Crippen molar-refractivity contribution in [3.05, 3.63) is 34.9 Å². The molecule has 88 valence electrons. The zero-order chi connectivity index (χ0) is 12.3. The molecule has 0 bridgehead atoms. The third-order valence-corrected chi connectivity index (χ3v) is 3.02. The number of nitrogens with two attached hydrogens (primary N) is 1. The minimum atomic E-state index is -0.491. The van der Waals surface area contributed by atoms with Crippen molar-refractivity contribution in [2.24, 2.45) is 5.73 Å². The standard InChI is InChI=1S/C12H17ClN2O/c1-8(14)12(16)15(3)9(2)10-6-4-5-7-11(10)13/h4-9H,14H2,1-3H3/t8-,9?/m1/s1. The Hall–Kier alpha value is -1.06. The molecule has 16 heavy (non-hydrogen) atoms. The average molecular weight is 241 g/mol. The molecule has 1 aromatic carbocycles. The number of carbonyl (C=O) groups excluding carboxylic acids is 1. The number of hydrogen-bond acceptors (Lipinski definition) is 2. The van der Waals surface area contributed by atoms with Gasteiger partial charge in [0.2, 0.25) is 5.91 Å². The van der Waals surface area contributed by atoms with Gasteiger partial charge in [-0.05, 0) is 25.5 Å². The first-order valence-corrected chi connectivity index (χ1v) is 5.59. The molecule has 0 radical (unpaired) electrons. The van der Waals surface area contributed by atoms with E-state index in [1.54, 1.807) is 18.9 Å². The van der Waals surface area contributed by atoms with Crippen molar-refractivity contribution in [2.45, 2.75) is 25.9 Å². The molecule has 0 saturated heterocycles. The molecule has 3 nitrogen and oxygen atoms in total. The molecule has 0 aliphatic carbocycles. The smallest absolute Gasteiger partial charge is 0.239 e. The Morgan fingerprint density at radius 3 is 2.44 bits per heavy atom. The van der Waals surface area contributed by atoms with E-state index in [1.165, 1.54) is 0 Å². The van der Waals surface area contributed by atoms with Crippen LogP contribution in [0.1, 0.15) is 25.5 Å². The van der Waals surface area contributed by atoms with E-state index in [9.17, 15) is 4.79 Å². The van der Waals surface area contributed by atoms with E-state index in [0.717, 1.165) is 5.56 Å². The molecule has 1 aromatic rings. The minimum Gasteiger partial charge on any atom is -0.338 e. The molecule has 1 rings (SSSR count). The highest BCUT2D eigenvalue weighted by atomic mass is 35.5. The zero-order valence-corrected chi connectivity index (χ0v) is 10.5. The van der Waals surface area contributed by atoms with Crippen LogP contribution in [0.2, 0.25) is 5.02 Å². The first kappa shape index (κ1) is 13.0. The van der Waals surface area contributed by atoms with Crippen molar-refractivity contribution in [1.29, 1.82) is 0 Å². The lowest BCUT2D eigenvalue weighted by atomic mass is 10.1. The third-order valence-electron chi connectivity index (χ3n) is 2.67. The monoisotopic (exact) mass is 240 g/mol. The maximum absolute atomic E-state index is 11.7. The fourth-order valence-corrected chi connectivity index (χ4v) is 1.83. The van der Waals surface area contributed by atoms with Crippen LogP contribution in [0.5, 0.6) is 0 Å². The van der Waals surface area contributed by atoms with Gasteiger partial charge in [0.25, 0.3) is 0 Å². The number of hydrogen-bond donors (Lipinski definition) is 1. The number of rotatable bonds is 3. The predicted octanol–water partition coefficient (Wildman–Crippen LogP) is 2.21. The van der Waals surface area contributed by atoms with Crippen molar-refractivity contribution in [3.8, 4) is 0 Å². The van der Waals surface area contributed by atoms with E-state index in [-0.39, 0.29) is 11.9 Å². The van der Waals surface area contributed by atoms with Crippen LogP contribution >= 0.6 is 11.6 Å². The second-order valence-electron chi connectivity index (χ2n) is 3.94. The Kier molecular flexibility index (Phi) is 4.33. The quantitative estimate of drug-likeness (QED) is 0.881. The molecule has 2 N–H and O–H groups in total. The number of benzene rings is 1. The summed E-state index contributed by atoms with van der Waals surface area (Å²) < 4.78 is 0. The van der Waals surface area contributed by atoms with E-state index in [2.05, 4.69) is 0 Å². The lowest BCUT2D eigenvalue weighted by Gasteiger charge is -2.27. The first-order valence-electron chi connectivity index (χ1n) is 5.21. The van der Waals surface area contributed by atoms with Gasteiger partial charge < -0.3 is 10.6 Å². The van der Waals surface area contributed by atoms with E-state index < -0.39 is 6.04 Å². The molecular formula is C12H17ClN2O. The molecule has 1 amide bonds. The predicted molar refractivity (Wildman–Crippen MR) is 66.3 cm³/mol. The topological polar surface area (TPSA) is 46.3 Å². The molecule has 0 aromatic heterocycles. The van der Waals surface area contributed by atoms with Gasteiger partial charge in [-0.1, -0.05) is 29.8 Å². The summed E-state index contributed by atoms with van der Waals surface area (Å²) in [7, 11) is 1.74. The summed E-state index contributed by atoms with van der Waals surface area (Å²) in [6.45, 7) is 3.61. The minimum absolute atomic E-state index is 0.0767.